The summed E-state index contributed by atoms with van der Waals surface area (Å²) in [7, 11) is 0. The van der Waals surface area contributed by atoms with Gasteiger partial charge in [0.05, 0.1) is 0 Å². The van der Waals surface area contributed by atoms with E-state index >= 15 is 0 Å². The van der Waals surface area contributed by atoms with E-state index in [2.05, 4.69) is 9.97 Å². The molecule has 0 aliphatic carbocycles. The van der Waals surface area contributed by atoms with Gasteiger partial charge in [-0.2, -0.15) is 0 Å². The summed E-state index contributed by atoms with van der Waals surface area (Å²) in [6.07, 6.45) is 3.51. The first-order valence-corrected chi connectivity index (χ1v) is 4.91. The molecule has 3 aromatic rings. The van der Waals surface area contributed by atoms with Crippen molar-refractivity contribution in [3.63, 3.8) is 0 Å². The second-order valence-electron chi connectivity index (χ2n) is 3.67. The monoisotopic (exact) mass is 211 g/mol. The van der Waals surface area contributed by atoms with Gasteiger partial charge in [-0.1, -0.05) is 0 Å². The van der Waals surface area contributed by atoms with Crippen LogP contribution in [0.1, 0.15) is 10.4 Å². The van der Waals surface area contributed by atoms with Crippen LogP contribution in [-0.4, -0.2) is 15.9 Å². The summed E-state index contributed by atoms with van der Waals surface area (Å²) >= 11 is 0. The van der Waals surface area contributed by atoms with Crippen LogP contribution in [0.25, 0.3) is 21.8 Å². The second-order valence-corrected chi connectivity index (χ2v) is 3.67. The number of hydrogen-bond acceptors (Lipinski definition) is 2. The maximum Gasteiger partial charge on any atom is 0.248 e. The predicted octanol–water partition coefficient (Wildman–Crippen LogP) is 1.81. The maximum absolute atomic E-state index is 11.1. The topological polar surface area (TPSA) is 71.8 Å². The molecule has 2 heterocycles. The number of benzene rings is 1. The minimum absolute atomic E-state index is 0.417. The number of primary amides is 1. The smallest absolute Gasteiger partial charge is 0.248 e. The van der Waals surface area contributed by atoms with Crippen LogP contribution in [-0.2, 0) is 0 Å². The summed E-state index contributed by atoms with van der Waals surface area (Å²) < 4.78 is 0. The van der Waals surface area contributed by atoms with Crippen LogP contribution in [0.4, 0.5) is 0 Å². The average Bonchev–Trinajstić information content (AvgIpc) is 2.66. The summed E-state index contributed by atoms with van der Waals surface area (Å²) in [5.41, 5.74) is 7.75. The van der Waals surface area contributed by atoms with Gasteiger partial charge in [-0.3, -0.25) is 9.78 Å². The minimum Gasteiger partial charge on any atom is -0.366 e. The lowest BCUT2D eigenvalue weighted by Gasteiger charge is -1.95. The Morgan fingerprint density at radius 2 is 2.00 bits per heavy atom. The Morgan fingerprint density at radius 3 is 2.81 bits per heavy atom. The van der Waals surface area contributed by atoms with Gasteiger partial charge in [0, 0.05) is 39.8 Å². The number of rotatable bonds is 1. The molecule has 4 heteroatoms. The molecule has 0 aliphatic rings. The highest BCUT2D eigenvalue weighted by Crippen LogP contribution is 2.25. The SMILES string of the molecule is NC(=O)c1ccc2[nH]c3ccncc3c2c1. The van der Waals surface area contributed by atoms with Gasteiger partial charge in [-0.05, 0) is 24.3 Å². The fourth-order valence-electron chi connectivity index (χ4n) is 1.89. The highest BCUT2D eigenvalue weighted by Gasteiger charge is 2.06. The van der Waals surface area contributed by atoms with Crippen LogP contribution in [0, 0.1) is 0 Å². The van der Waals surface area contributed by atoms with E-state index in [-0.39, 0.29) is 0 Å². The number of aromatic nitrogens is 2. The van der Waals surface area contributed by atoms with E-state index in [1.165, 1.54) is 0 Å². The lowest BCUT2D eigenvalue weighted by molar-refractivity contribution is 0.100. The Kier molecular flexibility index (Phi) is 1.71. The van der Waals surface area contributed by atoms with Crippen LogP contribution in [0.3, 0.4) is 0 Å². The molecule has 0 unspecified atom stereocenters. The number of carbonyl (C=O) groups is 1. The number of carbonyl (C=O) groups excluding carboxylic acids is 1. The van der Waals surface area contributed by atoms with E-state index in [0.29, 0.717) is 5.56 Å². The van der Waals surface area contributed by atoms with Crippen molar-refractivity contribution in [2.24, 2.45) is 5.73 Å². The van der Waals surface area contributed by atoms with Crippen LogP contribution in [0.15, 0.2) is 36.7 Å². The predicted molar refractivity (Wildman–Crippen MR) is 62.1 cm³/mol. The van der Waals surface area contributed by atoms with Gasteiger partial charge in [0.1, 0.15) is 0 Å². The van der Waals surface area contributed by atoms with Crippen molar-refractivity contribution < 1.29 is 4.79 Å². The number of fused-ring (bicyclic) bond motifs is 3. The first kappa shape index (κ1) is 8.91. The lowest BCUT2D eigenvalue weighted by Crippen LogP contribution is -2.10. The molecule has 0 bridgehead atoms. The second kappa shape index (κ2) is 3.06. The van der Waals surface area contributed by atoms with Gasteiger partial charge in [-0.15, -0.1) is 0 Å². The summed E-state index contributed by atoms with van der Waals surface area (Å²) in [4.78, 5) is 18.4. The van der Waals surface area contributed by atoms with E-state index in [9.17, 15) is 4.79 Å². The normalized spacial score (nSPS) is 11.0. The molecule has 3 N–H and O–H groups in total. The van der Waals surface area contributed by atoms with Crippen LogP contribution < -0.4 is 5.73 Å². The van der Waals surface area contributed by atoms with E-state index in [1.807, 2.05) is 12.1 Å². The molecular weight excluding hydrogens is 202 g/mol. The van der Waals surface area contributed by atoms with Gasteiger partial charge in [0.2, 0.25) is 5.91 Å². The van der Waals surface area contributed by atoms with Crippen LogP contribution in [0.5, 0.6) is 0 Å². The standard InChI is InChI=1S/C12H9N3O/c13-12(16)7-1-2-10-8(5-7)9-6-14-4-3-11(9)15-10/h1-6,15H,(H2,13,16). The molecule has 0 saturated carbocycles. The van der Waals surface area contributed by atoms with Gasteiger partial charge >= 0.3 is 0 Å². The van der Waals surface area contributed by atoms with Crippen molar-refractivity contribution in [2.75, 3.05) is 0 Å². The minimum atomic E-state index is -0.417. The zero-order valence-electron chi connectivity index (χ0n) is 8.40. The molecule has 0 saturated heterocycles. The molecule has 1 amide bonds. The number of nitrogens with one attached hydrogen (secondary N) is 1. The number of nitrogens with zero attached hydrogens (tertiary/aromatic N) is 1. The van der Waals surface area contributed by atoms with Crippen molar-refractivity contribution in [2.45, 2.75) is 0 Å². The van der Waals surface area contributed by atoms with Crippen LogP contribution >= 0.6 is 0 Å². The Morgan fingerprint density at radius 1 is 1.19 bits per heavy atom. The first-order chi connectivity index (χ1) is 7.75. The summed E-state index contributed by atoms with van der Waals surface area (Å²) in [5.74, 6) is -0.417. The molecule has 2 aromatic heterocycles. The molecular formula is C12H9N3O. The molecule has 0 fully saturated rings. The zero-order chi connectivity index (χ0) is 11.1. The Balaban J connectivity index is 2.44. The van der Waals surface area contributed by atoms with Crippen molar-refractivity contribution in [3.8, 4) is 0 Å². The number of pyridine rings is 1. The fourth-order valence-corrected chi connectivity index (χ4v) is 1.89. The van der Waals surface area contributed by atoms with Gasteiger partial charge in [0.15, 0.2) is 0 Å². The number of amides is 1. The van der Waals surface area contributed by atoms with Crippen molar-refractivity contribution in [1.82, 2.24) is 9.97 Å². The van der Waals surface area contributed by atoms with Crippen molar-refractivity contribution >= 4 is 27.7 Å². The molecule has 3 rings (SSSR count). The summed E-state index contributed by atoms with van der Waals surface area (Å²) in [6, 6.07) is 7.26. The number of aromatic amines is 1. The molecule has 1 aromatic carbocycles. The summed E-state index contributed by atoms with van der Waals surface area (Å²) in [5, 5.41) is 1.97. The van der Waals surface area contributed by atoms with Gasteiger partial charge < -0.3 is 10.7 Å². The van der Waals surface area contributed by atoms with E-state index in [0.717, 1.165) is 21.8 Å². The number of H-pyrrole nitrogens is 1. The first-order valence-electron chi connectivity index (χ1n) is 4.91. The third-order valence-electron chi connectivity index (χ3n) is 2.68. The number of nitrogens with two attached hydrogens (primary N) is 1. The van der Waals surface area contributed by atoms with Crippen molar-refractivity contribution in [3.05, 3.63) is 42.2 Å². The lowest BCUT2D eigenvalue weighted by atomic mass is 10.1. The number of hydrogen-bond donors (Lipinski definition) is 2. The Labute approximate surface area is 91.1 Å². The van der Waals surface area contributed by atoms with Gasteiger partial charge in [0.25, 0.3) is 0 Å². The molecule has 78 valence electrons. The summed E-state index contributed by atoms with van der Waals surface area (Å²) in [6.45, 7) is 0. The zero-order valence-corrected chi connectivity index (χ0v) is 8.40. The van der Waals surface area contributed by atoms with Crippen LogP contribution in [0.2, 0.25) is 0 Å². The largest absolute Gasteiger partial charge is 0.366 e. The maximum atomic E-state index is 11.1. The third kappa shape index (κ3) is 1.16. The van der Waals surface area contributed by atoms with E-state index in [4.69, 9.17) is 5.73 Å². The molecule has 16 heavy (non-hydrogen) atoms. The van der Waals surface area contributed by atoms with Crippen molar-refractivity contribution in [1.29, 1.82) is 0 Å². The van der Waals surface area contributed by atoms with E-state index in [1.54, 1.807) is 24.5 Å². The highest BCUT2D eigenvalue weighted by molar-refractivity contribution is 6.09. The van der Waals surface area contributed by atoms with Gasteiger partial charge in [-0.25, -0.2) is 0 Å². The Hall–Kier alpha value is -2.36. The molecule has 0 radical (unpaired) electrons. The third-order valence-corrected chi connectivity index (χ3v) is 2.68. The molecule has 0 aliphatic heterocycles. The molecule has 0 atom stereocenters. The van der Waals surface area contributed by atoms with E-state index < -0.39 is 5.91 Å². The average molecular weight is 211 g/mol. The quantitative estimate of drug-likeness (QED) is 0.644. The molecule has 0 spiro atoms. The fraction of sp³-hybridized carbons (Fsp3) is 0. The highest BCUT2D eigenvalue weighted by atomic mass is 16.1. The molecule has 4 nitrogen and oxygen atoms in total. The Bertz CT molecular complexity index is 700.